The van der Waals surface area contributed by atoms with Crippen LogP contribution >= 0.6 is 0 Å². The van der Waals surface area contributed by atoms with Gasteiger partial charge in [-0.3, -0.25) is 9.59 Å². The highest BCUT2D eigenvalue weighted by atomic mass is 16.4. The van der Waals surface area contributed by atoms with Crippen molar-refractivity contribution < 1.29 is 14.7 Å². The number of carboxylic acid groups (broad SMARTS) is 1. The van der Waals surface area contributed by atoms with Gasteiger partial charge in [-0.25, -0.2) is 0 Å². The van der Waals surface area contributed by atoms with Gasteiger partial charge in [0.25, 0.3) is 5.91 Å². The Balaban J connectivity index is 2.22. The van der Waals surface area contributed by atoms with Crippen LogP contribution in [-0.4, -0.2) is 21.6 Å². The molecule has 2 N–H and O–H groups in total. The molecule has 0 aliphatic rings. The maximum atomic E-state index is 12.6. The zero-order valence-corrected chi connectivity index (χ0v) is 15.7. The van der Waals surface area contributed by atoms with Crippen molar-refractivity contribution in [3.8, 4) is 0 Å². The number of carbonyl (C=O) groups excluding carboxylic acids is 1. The quantitative estimate of drug-likeness (QED) is 0.851. The van der Waals surface area contributed by atoms with Crippen LogP contribution in [0, 0.1) is 13.8 Å². The molecule has 0 aliphatic carbocycles. The molecule has 5 nitrogen and oxygen atoms in total. The summed E-state index contributed by atoms with van der Waals surface area (Å²) >= 11 is 0. The molecule has 0 radical (unpaired) electrons. The second-order valence-corrected chi connectivity index (χ2v) is 7.21. The van der Waals surface area contributed by atoms with Gasteiger partial charge < -0.3 is 15.0 Å². The number of anilines is 1. The Morgan fingerprint density at radius 1 is 1.12 bits per heavy atom. The highest BCUT2D eigenvalue weighted by Gasteiger charge is 2.29. The number of carbonyl (C=O) groups is 2. The zero-order valence-electron chi connectivity index (χ0n) is 15.7. The minimum absolute atomic E-state index is 0.162. The van der Waals surface area contributed by atoms with Gasteiger partial charge in [0, 0.05) is 23.1 Å². The van der Waals surface area contributed by atoms with Crippen LogP contribution in [0.5, 0.6) is 0 Å². The van der Waals surface area contributed by atoms with Gasteiger partial charge in [0.2, 0.25) is 0 Å². The van der Waals surface area contributed by atoms with Crippen molar-refractivity contribution in [1.82, 2.24) is 4.57 Å². The molecule has 5 heteroatoms. The number of amides is 1. The molecule has 0 atom stereocenters. The smallest absolute Gasteiger partial charge is 0.313 e. The van der Waals surface area contributed by atoms with Gasteiger partial charge in [0.15, 0.2) is 0 Å². The Hall–Kier alpha value is -2.56. The maximum absolute atomic E-state index is 12.6. The molecule has 1 aromatic heterocycles. The molecule has 1 amide bonds. The molecule has 0 unspecified atom stereocenters. The summed E-state index contributed by atoms with van der Waals surface area (Å²) in [5.74, 6) is -1.05. The molecule has 134 valence electrons. The molecule has 0 saturated carbocycles. The maximum Gasteiger partial charge on any atom is 0.313 e. The monoisotopic (exact) mass is 342 g/mol. The van der Waals surface area contributed by atoms with Crippen molar-refractivity contribution in [2.24, 2.45) is 0 Å². The van der Waals surface area contributed by atoms with Crippen molar-refractivity contribution in [2.45, 2.75) is 53.0 Å². The number of aryl methyl sites for hydroxylation is 1. The number of rotatable bonds is 5. The van der Waals surface area contributed by atoms with Crippen molar-refractivity contribution >= 4 is 17.6 Å². The molecular weight excluding hydrogens is 316 g/mol. The number of hydrogen-bond acceptors (Lipinski definition) is 2. The molecular formula is C20H26N2O3. The summed E-state index contributed by atoms with van der Waals surface area (Å²) in [6, 6.07) is 9.13. The fourth-order valence-corrected chi connectivity index (χ4v) is 3.09. The third-order valence-electron chi connectivity index (χ3n) is 4.64. The lowest BCUT2D eigenvalue weighted by atomic mass is 9.85. The minimum Gasteiger partial charge on any atom is -0.481 e. The second-order valence-electron chi connectivity index (χ2n) is 7.21. The fourth-order valence-electron chi connectivity index (χ4n) is 3.09. The summed E-state index contributed by atoms with van der Waals surface area (Å²) in [5.41, 5.74) is 3.01. The van der Waals surface area contributed by atoms with Crippen LogP contribution in [0.25, 0.3) is 0 Å². The van der Waals surface area contributed by atoms with E-state index in [1.165, 1.54) is 0 Å². The first-order valence-electron chi connectivity index (χ1n) is 8.39. The Kier molecular flexibility index (Phi) is 5.07. The fraction of sp³-hybridized carbons (Fsp3) is 0.400. The molecule has 0 fully saturated rings. The van der Waals surface area contributed by atoms with Crippen molar-refractivity contribution in [1.29, 1.82) is 0 Å². The first-order chi connectivity index (χ1) is 11.6. The van der Waals surface area contributed by atoms with E-state index < -0.39 is 11.4 Å². The van der Waals surface area contributed by atoms with Gasteiger partial charge in [-0.2, -0.15) is 0 Å². The third kappa shape index (κ3) is 3.60. The zero-order chi connectivity index (χ0) is 18.9. The van der Waals surface area contributed by atoms with Crippen LogP contribution in [-0.2, 0) is 10.2 Å². The predicted octanol–water partition coefficient (Wildman–Crippen LogP) is 4.30. The lowest BCUT2D eigenvalue weighted by Crippen LogP contribution is -2.28. The van der Waals surface area contributed by atoms with Crippen LogP contribution in [0.15, 0.2) is 30.3 Å². The molecule has 0 saturated heterocycles. The molecule has 0 spiro atoms. The second kappa shape index (κ2) is 6.75. The van der Waals surface area contributed by atoms with Crippen LogP contribution in [0.4, 0.5) is 5.69 Å². The van der Waals surface area contributed by atoms with Gasteiger partial charge in [0.1, 0.15) is 0 Å². The number of carboxylic acids is 1. The van der Waals surface area contributed by atoms with E-state index in [9.17, 15) is 14.7 Å². The number of aliphatic carboxylic acids is 1. The highest BCUT2D eigenvalue weighted by Crippen LogP contribution is 2.26. The van der Waals surface area contributed by atoms with E-state index in [2.05, 4.69) is 23.7 Å². The van der Waals surface area contributed by atoms with E-state index in [0.29, 0.717) is 22.9 Å². The van der Waals surface area contributed by atoms with Crippen LogP contribution in [0.2, 0.25) is 0 Å². The van der Waals surface area contributed by atoms with Crippen molar-refractivity contribution in [3.05, 3.63) is 52.8 Å². The lowest BCUT2D eigenvalue weighted by molar-refractivity contribution is -0.142. The van der Waals surface area contributed by atoms with E-state index in [1.807, 2.05) is 19.9 Å². The number of benzene rings is 1. The van der Waals surface area contributed by atoms with E-state index >= 15 is 0 Å². The Labute approximate surface area is 148 Å². The standard InChI is InChI=1S/C20H26N2O3/c1-12(2)22-13(3)11-17(14(22)4)18(23)21-16-9-7-15(8-10-16)20(5,6)19(24)25/h7-12H,1-6H3,(H,21,23)(H,24,25). The first-order valence-corrected chi connectivity index (χ1v) is 8.39. The van der Waals surface area contributed by atoms with Crippen LogP contribution in [0.3, 0.4) is 0 Å². The SMILES string of the molecule is Cc1cc(C(=O)Nc2ccc(C(C)(C)C(=O)O)cc2)c(C)n1C(C)C. The van der Waals surface area contributed by atoms with Gasteiger partial charge in [-0.15, -0.1) is 0 Å². The van der Waals surface area contributed by atoms with Crippen molar-refractivity contribution in [3.63, 3.8) is 0 Å². The molecule has 1 heterocycles. The topological polar surface area (TPSA) is 71.3 Å². The van der Waals surface area contributed by atoms with E-state index in [1.54, 1.807) is 38.1 Å². The summed E-state index contributed by atoms with van der Waals surface area (Å²) in [7, 11) is 0. The normalized spacial score (nSPS) is 11.6. The van der Waals surface area contributed by atoms with E-state index in [-0.39, 0.29) is 5.91 Å². The summed E-state index contributed by atoms with van der Waals surface area (Å²) < 4.78 is 2.13. The molecule has 0 bridgehead atoms. The Morgan fingerprint density at radius 3 is 2.12 bits per heavy atom. The highest BCUT2D eigenvalue weighted by molar-refractivity contribution is 6.05. The van der Waals surface area contributed by atoms with E-state index in [0.717, 1.165) is 11.4 Å². The number of nitrogens with zero attached hydrogens (tertiary/aromatic N) is 1. The third-order valence-corrected chi connectivity index (χ3v) is 4.64. The van der Waals surface area contributed by atoms with Gasteiger partial charge >= 0.3 is 5.97 Å². The molecule has 2 aromatic rings. The van der Waals surface area contributed by atoms with E-state index in [4.69, 9.17) is 0 Å². The summed E-state index contributed by atoms with van der Waals surface area (Å²) in [5, 5.41) is 12.2. The number of hydrogen-bond donors (Lipinski definition) is 2. The van der Waals surface area contributed by atoms with Crippen LogP contribution in [0.1, 0.15) is 61.0 Å². The molecule has 1 aromatic carbocycles. The summed E-state index contributed by atoms with van der Waals surface area (Å²) in [6.45, 7) is 11.4. The first kappa shape index (κ1) is 18.8. The Morgan fingerprint density at radius 2 is 1.68 bits per heavy atom. The van der Waals surface area contributed by atoms with Gasteiger partial charge in [-0.1, -0.05) is 12.1 Å². The molecule has 2 rings (SSSR count). The van der Waals surface area contributed by atoms with Crippen molar-refractivity contribution in [2.75, 3.05) is 5.32 Å². The predicted molar refractivity (Wildman–Crippen MR) is 99.3 cm³/mol. The average Bonchev–Trinajstić information content (AvgIpc) is 2.82. The van der Waals surface area contributed by atoms with Gasteiger partial charge in [0.05, 0.1) is 11.0 Å². The largest absolute Gasteiger partial charge is 0.481 e. The summed E-state index contributed by atoms with van der Waals surface area (Å²) in [4.78, 5) is 23.9. The Bertz CT molecular complexity index is 799. The lowest BCUT2D eigenvalue weighted by Gasteiger charge is -2.20. The molecule has 0 aliphatic heterocycles. The average molecular weight is 342 g/mol. The number of aromatic nitrogens is 1. The molecule has 25 heavy (non-hydrogen) atoms. The van der Waals surface area contributed by atoms with Crippen LogP contribution < -0.4 is 5.32 Å². The van der Waals surface area contributed by atoms with Gasteiger partial charge in [-0.05, 0) is 65.3 Å². The summed E-state index contributed by atoms with van der Waals surface area (Å²) in [6.07, 6.45) is 0. The number of nitrogens with one attached hydrogen (secondary N) is 1. The minimum atomic E-state index is -0.968.